The zero-order chi connectivity index (χ0) is 25.4. The van der Waals surface area contributed by atoms with Gasteiger partial charge in [-0.15, -0.1) is 11.8 Å². The van der Waals surface area contributed by atoms with Crippen LogP contribution in [-0.4, -0.2) is 26.0 Å². The van der Waals surface area contributed by atoms with Gasteiger partial charge in [0.1, 0.15) is 10.5 Å². The summed E-state index contributed by atoms with van der Waals surface area (Å²) < 4.78 is 9.58. The minimum Gasteiger partial charge on any atom is -0.497 e. The lowest BCUT2D eigenvalue weighted by Crippen LogP contribution is -2.41. The Hall–Kier alpha value is -3.83. The third kappa shape index (κ3) is 5.37. The van der Waals surface area contributed by atoms with Crippen molar-refractivity contribution in [3.05, 3.63) is 132 Å². The van der Waals surface area contributed by atoms with Gasteiger partial charge in [-0.05, 0) is 35.4 Å². The van der Waals surface area contributed by atoms with Crippen molar-refractivity contribution in [3.8, 4) is 5.75 Å². The lowest BCUT2D eigenvalue weighted by Gasteiger charge is -2.38. The molecule has 182 valence electrons. The predicted molar refractivity (Wildman–Crippen MR) is 144 cm³/mol. The van der Waals surface area contributed by atoms with Crippen LogP contribution in [-0.2, 0) is 14.3 Å². The topological polar surface area (TPSA) is 52.6 Å². The molecule has 1 unspecified atom stereocenters. The molecule has 0 heterocycles. The van der Waals surface area contributed by atoms with Crippen molar-refractivity contribution in [1.29, 1.82) is 0 Å². The predicted octanol–water partition coefficient (Wildman–Crippen LogP) is 6.91. The Morgan fingerprint density at radius 2 is 1.31 bits per heavy atom. The van der Waals surface area contributed by atoms with Crippen molar-refractivity contribution in [1.82, 2.24) is 0 Å². The standard InChI is InChI=1S/C31H28O4S/c1-34-26-18-20-27(21-19-26)36-31(30(33)35-2,25-16-10-5-11-17-25)28(23-12-6-3-7-13-23)22-29(32)24-14-8-4-9-15-24/h3-21,28H,22H2,1-2H3/t28-,31?/m0/s1. The van der Waals surface area contributed by atoms with Crippen LogP contribution in [0.25, 0.3) is 0 Å². The highest BCUT2D eigenvalue weighted by Gasteiger charge is 2.50. The largest absolute Gasteiger partial charge is 0.497 e. The van der Waals surface area contributed by atoms with Gasteiger partial charge in [0, 0.05) is 22.8 Å². The second kappa shape index (κ2) is 11.7. The summed E-state index contributed by atoms with van der Waals surface area (Å²) in [4.78, 5) is 28.4. The van der Waals surface area contributed by atoms with Gasteiger partial charge in [-0.2, -0.15) is 0 Å². The number of hydrogen-bond donors (Lipinski definition) is 0. The van der Waals surface area contributed by atoms with Crippen molar-refractivity contribution in [2.45, 2.75) is 22.0 Å². The molecule has 4 aromatic rings. The third-order valence-electron chi connectivity index (χ3n) is 6.21. The molecule has 0 N–H and O–H groups in total. The van der Waals surface area contributed by atoms with Crippen molar-refractivity contribution >= 4 is 23.5 Å². The van der Waals surface area contributed by atoms with E-state index in [0.29, 0.717) is 5.56 Å². The molecule has 0 aliphatic rings. The van der Waals surface area contributed by atoms with E-state index in [1.807, 2.05) is 115 Å². The van der Waals surface area contributed by atoms with Gasteiger partial charge in [-0.3, -0.25) is 9.59 Å². The van der Waals surface area contributed by atoms with Gasteiger partial charge in [0.05, 0.1) is 14.2 Å². The number of Topliss-reactive ketones (excluding diaryl/α,β-unsaturated/α-hetero) is 1. The van der Waals surface area contributed by atoms with Gasteiger partial charge in [0.15, 0.2) is 5.78 Å². The van der Waals surface area contributed by atoms with Crippen LogP contribution in [0.5, 0.6) is 5.75 Å². The van der Waals surface area contributed by atoms with E-state index in [1.54, 1.807) is 7.11 Å². The summed E-state index contributed by atoms with van der Waals surface area (Å²) in [5.74, 6) is -0.233. The fourth-order valence-corrected chi connectivity index (χ4v) is 5.84. The van der Waals surface area contributed by atoms with E-state index >= 15 is 0 Å². The number of methoxy groups -OCH3 is 2. The monoisotopic (exact) mass is 496 g/mol. The molecule has 0 bridgehead atoms. The summed E-state index contributed by atoms with van der Waals surface area (Å²) in [6.45, 7) is 0. The van der Waals surface area contributed by atoms with Gasteiger partial charge in [-0.1, -0.05) is 91.0 Å². The third-order valence-corrected chi connectivity index (χ3v) is 7.72. The first-order valence-electron chi connectivity index (χ1n) is 11.7. The number of rotatable bonds is 10. The number of carbonyl (C=O) groups excluding carboxylic acids is 2. The second-order valence-corrected chi connectivity index (χ2v) is 9.65. The lowest BCUT2D eigenvalue weighted by atomic mass is 9.77. The molecule has 2 atom stereocenters. The number of thioether (sulfide) groups is 1. The quantitative estimate of drug-likeness (QED) is 0.136. The van der Waals surface area contributed by atoms with E-state index in [4.69, 9.17) is 9.47 Å². The van der Waals surface area contributed by atoms with Gasteiger partial charge >= 0.3 is 5.97 Å². The van der Waals surface area contributed by atoms with E-state index in [-0.39, 0.29) is 12.2 Å². The van der Waals surface area contributed by atoms with Gasteiger partial charge in [0.2, 0.25) is 0 Å². The number of benzene rings is 4. The minimum atomic E-state index is -1.23. The van der Waals surface area contributed by atoms with Crippen LogP contribution >= 0.6 is 11.8 Å². The number of ether oxygens (including phenoxy) is 2. The first kappa shape index (κ1) is 25.3. The van der Waals surface area contributed by atoms with E-state index < -0.39 is 16.6 Å². The maximum atomic E-state index is 13.9. The van der Waals surface area contributed by atoms with Crippen LogP contribution in [0.1, 0.15) is 33.8 Å². The summed E-state index contributed by atoms with van der Waals surface area (Å²) >= 11 is 1.40. The smallest absolute Gasteiger partial charge is 0.327 e. The van der Waals surface area contributed by atoms with Crippen LogP contribution in [0.3, 0.4) is 0 Å². The summed E-state index contributed by atoms with van der Waals surface area (Å²) in [5, 5.41) is 0. The average Bonchev–Trinajstić information content (AvgIpc) is 2.96. The zero-order valence-electron chi connectivity index (χ0n) is 20.3. The van der Waals surface area contributed by atoms with E-state index in [1.165, 1.54) is 18.9 Å². The molecule has 0 fully saturated rings. The SMILES string of the molecule is COC(=O)C(Sc1ccc(OC)cc1)(c1ccccc1)[C@@H](CC(=O)c1ccccc1)c1ccccc1. The summed E-state index contributed by atoms with van der Waals surface area (Å²) in [7, 11) is 3.02. The molecular formula is C31H28O4S. The van der Waals surface area contributed by atoms with Crippen molar-refractivity contribution in [2.24, 2.45) is 0 Å². The minimum absolute atomic E-state index is 0.0380. The highest BCUT2D eigenvalue weighted by atomic mass is 32.2. The second-order valence-electron chi connectivity index (χ2n) is 8.33. The summed E-state index contributed by atoms with van der Waals surface area (Å²) in [6, 6.07) is 36.1. The Bertz CT molecular complexity index is 1270. The van der Waals surface area contributed by atoms with Gasteiger partial charge in [0.25, 0.3) is 0 Å². The average molecular weight is 497 g/mol. The molecule has 36 heavy (non-hydrogen) atoms. The lowest BCUT2D eigenvalue weighted by molar-refractivity contribution is -0.144. The van der Waals surface area contributed by atoms with Crippen LogP contribution in [0.4, 0.5) is 0 Å². The van der Waals surface area contributed by atoms with Gasteiger partial charge in [-0.25, -0.2) is 0 Å². The molecule has 4 nitrogen and oxygen atoms in total. The molecule has 5 heteroatoms. The molecule has 4 aromatic carbocycles. The summed E-state index contributed by atoms with van der Waals surface area (Å²) in [5.41, 5.74) is 2.27. The first-order chi connectivity index (χ1) is 17.6. The van der Waals surface area contributed by atoms with E-state index in [2.05, 4.69) is 0 Å². The Balaban J connectivity index is 1.92. The zero-order valence-corrected chi connectivity index (χ0v) is 21.1. The molecule has 0 radical (unpaired) electrons. The Morgan fingerprint density at radius 1 is 0.750 bits per heavy atom. The Labute approximate surface area is 216 Å². The molecule has 0 aliphatic carbocycles. The molecule has 4 rings (SSSR count). The molecule has 0 aromatic heterocycles. The highest BCUT2D eigenvalue weighted by molar-refractivity contribution is 8.01. The normalized spacial score (nSPS) is 13.3. The van der Waals surface area contributed by atoms with E-state index in [9.17, 15) is 9.59 Å². The number of carbonyl (C=O) groups is 2. The number of hydrogen-bond acceptors (Lipinski definition) is 5. The Morgan fingerprint density at radius 3 is 1.86 bits per heavy atom. The maximum Gasteiger partial charge on any atom is 0.327 e. The summed E-state index contributed by atoms with van der Waals surface area (Å²) in [6.07, 6.45) is 0.126. The molecule has 0 aliphatic heterocycles. The van der Waals surface area contributed by atoms with Gasteiger partial charge < -0.3 is 9.47 Å². The van der Waals surface area contributed by atoms with Crippen molar-refractivity contribution < 1.29 is 19.1 Å². The first-order valence-corrected chi connectivity index (χ1v) is 12.5. The maximum absolute atomic E-state index is 13.9. The van der Waals surface area contributed by atoms with E-state index in [0.717, 1.165) is 21.8 Å². The molecule has 0 spiro atoms. The highest BCUT2D eigenvalue weighted by Crippen LogP contribution is 2.53. The van der Waals surface area contributed by atoms with Crippen LogP contribution < -0.4 is 4.74 Å². The van der Waals surface area contributed by atoms with Crippen molar-refractivity contribution in [2.75, 3.05) is 14.2 Å². The molecule has 0 saturated heterocycles. The fraction of sp³-hybridized carbons (Fsp3) is 0.161. The Kier molecular flexibility index (Phi) is 8.24. The molecule has 0 amide bonds. The molecule has 0 saturated carbocycles. The van der Waals surface area contributed by atoms with Crippen LogP contribution in [0, 0.1) is 0 Å². The fourth-order valence-electron chi connectivity index (χ4n) is 4.41. The van der Waals surface area contributed by atoms with Crippen molar-refractivity contribution in [3.63, 3.8) is 0 Å². The number of ketones is 1. The van der Waals surface area contributed by atoms with Crippen LogP contribution in [0.15, 0.2) is 120 Å². The number of esters is 1. The molecular weight excluding hydrogens is 468 g/mol. The van der Waals surface area contributed by atoms with Crippen LogP contribution in [0.2, 0.25) is 0 Å².